The molecule has 3 rings (SSSR count). The fourth-order valence-corrected chi connectivity index (χ4v) is 4.27. The molecule has 0 spiro atoms. The molecule has 2 atom stereocenters. The SMILES string of the molecule is Cc1cc(C(=O)N2CCO[C@@H]([C@H](C)NC(=O)OC(C)(C)C)C2)c(C)n1-c1nccs1. The van der Waals surface area contributed by atoms with Gasteiger partial charge in [0.2, 0.25) is 0 Å². The van der Waals surface area contributed by atoms with Crippen LogP contribution >= 0.6 is 11.3 Å². The number of amides is 2. The normalized spacial score (nSPS) is 18.2. The van der Waals surface area contributed by atoms with Gasteiger partial charge in [0.25, 0.3) is 5.91 Å². The Kier molecular flexibility index (Phi) is 6.52. The van der Waals surface area contributed by atoms with E-state index < -0.39 is 11.7 Å². The number of thiazole rings is 1. The quantitative estimate of drug-likeness (QED) is 0.798. The molecule has 1 N–H and O–H groups in total. The van der Waals surface area contributed by atoms with E-state index in [1.54, 1.807) is 11.1 Å². The number of morpholine rings is 1. The Balaban J connectivity index is 1.69. The summed E-state index contributed by atoms with van der Waals surface area (Å²) in [5, 5.41) is 5.58. The summed E-state index contributed by atoms with van der Waals surface area (Å²) in [6, 6.07) is 1.62. The molecule has 164 valence electrons. The molecule has 0 saturated carbocycles. The Labute approximate surface area is 181 Å². The first-order valence-electron chi connectivity index (χ1n) is 10.1. The Bertz CT molecular complexity index is 901. The lowest BCUT2D eigenvalue weighted by molar-refractivity contribution is -0.0371. The van der Waals surface area contributed by atoms with Crippen LogP contribution in [0.1, 0.15) is 49.4 Å². The van der Waals surface area contributed by atoms with Crippen LogP contribution in [0.25, 0.3) is 5.13 Å². The van der Waals surface area contributed by atoms with E-state index in [0.29, 0.717) is 25.3 Å². The molecule has 9 heteroatoms. The maximum absolute atomic E-state index is 13.3. The highest BCUT2D eigenvalue weighted by Gasteiger charge is 2.32. The number of alkyl carbamates (subject to hydrolysis) is 1. The lowest BCUT2D eigenvalue weighted by Gasteiger charge is -2.36. The molecule has 30 heavy (non-hydrogen) atoms. The van der Waals surface area contributed by atoms with Gasteiger partial charge in [-0.05, 0) is 47.6 Å². The smallest absolute Gasteiger partial charge is 0.407 e. The van der Waals surface area contributed by atoms with Gasteiger partial charge < -0.3 is 19.7 Å². The molecular weight excluding hydrogens is 404 g/mol. The summed E-state index contributed by atoms with van der Waals surface area (Å²) in [7, 11) is 0. The van der Waals surface area contributed by atoms with Gasteiger partial charge in [0, 0.05) is 36.1 Å². The average Bonchev–Trinajstić information content (AvgIpc) is 3.27. The van der Waals surface area contributed by atoms with Gasteiger partial charge in [-0.2, -0.15) is 0 Å². The van der Waals surface area contributed by atoms with Crippen molar-refractivity contribution in [3.8, 4) is 5.13 Å². The van der Waals surface area contributed by atoms with Crippen molar-refractivity contribution >= 4 is 23.3 Å². The molecule has 0 aromatic carbocycles. The van der Waals surface area contributed by atoms with Gasteiger partial charge in [0.1, 0.15) is 5.60 Å². The van der Waals surface area contributed by atoms with Crippen molar-refractivity contribution in [2.75, 3.05) is 19.7 Å². The van der Waals surface area contributed by atoms with Gasteiger partial charge in [0.15, 0.2) is 5.13 Å². The van der Waals surface area contributed by atoms with Crippen LogP contribution in [0.5, 0.6) is 0 Å². The number of nitrogens with zero attached hydrogens (tertiary/aromatic N) is 3. The summed E-state index contributed by atoms with van der Waals surface area (Å²) in [5.74, 6) is -0.0383. The molecular formula is C21H30N4O4S. The van der Waals surface area contributed by atoms with Crippen LogP contribution in [0, 0.1) is 13.8 Å². The fourth-order valence-electron chi connectivity index (χ4n) is 3.52. The van der Waals surface area contributed by atoms with Crippen LogP contribution in [0.2, 0.25) is 0 Å². The maximum Gasteiger partial charge on any atom is 0.407 e. The van der Waals surface area contributed by atoms with E-state index in [2.05, 4.69) is 10.3 Å². The number of hydrogen-bond acceptors (Lipinski definition) is 6. The fraction of sp³-hybridized carbons (Fsp3) is 0.571. The summed E-state index contributed by atoms with van der Waals surface area (Å²) < 4.78 is 13.1. The van der Waals surface area contributed by atoms with Crippen LogP contribution < -0.4 is 5.32 Å². The molecule has 0 aliphatic carbocycles. The minimum Gasteiger partial charge on any atom is -0.444 e. The lowest BCUT2D eigenvalue weighted by atomic mass is 10.1. The number of aryl methyl sites for hydroxylation is 1. The van der Waals surface area contributed by atoms with Crippen LogP contribution in [-0.2, 0) is 9.47 Å². The molecule has 2 aromatic rings. The average molecular weight is 435 g/mol. The third-order valence-corrected chi connectivity index (χ3v) is 5.71. The number of ether oxygens (including phenoxy) is 2. The number of rotatable bonds is 4. The highest BCUT2D eigenvalue weighted by molar-refractivity contribution is 7.12. The van der Waals surface area contributed by atoms with E-state index in [-0.39, 0.29) is 18.1 Å². The number of aromatic nitrogens is 2. The molecule has 3 heterocycles. The van der Waals surface area contributed by atoms with Crippen molar-refractivity contribution in [2.24, 2.45) is 0 Å². The zero-order chi connectivity index (χ0) is 22.1. The third kappa shape index (κ3) is 5.02. The van der Waals surface area contributed by atoms with Gasteiger partial charge >= 0.3 is 6.09 Å². The molecule has 1 fully saturated rings. The van der Waals surface area contributed by atoms with E-state index in [9.17, 15) is 9.59 Å². The monoisotopic (exact) mass is 434 g/mol. The van der Waals surface area contributed by atoms with E-state index >= 15 is 0 Å². The predicted molar refractivity (Wildman–Crippen MR) is 115 cm³/mol. The van der Waals surface area contributed by atoms with E-state index in [1.165, 1.54) is 11.3 Å². The molecule has 0 radical (unpaired) electrons. The van der Waals surface area contributed by atoms with Gasteiger partial charge in [-0.15, -0.1) is 11.3 Å². The summed E-state index contributed by atoms with van der Waals surface area (Å²) in [6.45, 7) is 12.5. The number of carbonyl (C=O) groups excluding carboxylic acids is 2. The van der Waals surface area contributed by atoms with Crippen LogP contribution in [0.15, 0.2) is 17.6 Å². The summed E-state index contributed by atoms with van der Waals surface area (Å²) in [5.41, 5.74) is 1.93. The van der Waals surface area contributed by atoms with E-state index in [0.717, 1.165) is 16.5 Å². The van der Waals surface area contributed by atoms with Crippen LogP contribution in [0.4, 0.5) is 4.79 Å². The van der Waals surface area contributed by atoms with Gasteiger partial charge in [-0.1, -0.05) is 0 Å². The summed E-state index contributed by atoms with van der Waals surface area (Å²) in [6.07, 6.45) is 0.957. The summed E-state index contributed by atoms with van der Waals surface area (Å²) in [4.78, 5) is 31.5. The highest BCUT2D eigenvalue weighted by atomic mass is 32.1. The first-order chi connectivity index (χ1) is 14.1. The van der Waals surface area contributed by atoms with Gasteiger partial charge in [-0.3, -0.25) is 9.36 Å². The standard InChI is InChI=1S/C21H30N4O4S/c1-13-11-16(15(3)25(13)19-22-7-10-30-19)18(26)24-8-9-28-17(12-24)14(2)23-20(27)29-21(4,5)6/h7,10-11,14,17H,8-9,12H2,1-6H3,(H,23,27)/t14-,17+/m0/s1. The van der Waals surface area contributed by atoms with Gasteiger partial charge in [-0.25, -0.2) is 9.78 Å². The molecule has 1 aliphatic rings. The molecule has 0 bridgehead atoms. The minimum atomic E-state index is -0.570. The zero-order valence-corrected chi connectivity index (χ0v) is 19.2. The maximum atomic E-state index is 13.3. The topological polar surface area (TPSA) is 85.7 Å². The zero-order valence-electron chi connectivity index (χ0n) is 18.4. The second kappa shape index (κ2) is 8.77. The second-order valence-electron chi connectivity index (χ2n) is 8.53. The Morgan fingerprint density at radius 1 is 1.37 bits per heavy atom. The van der Waals surface area contributed by atoms with Crippen molar-refractivity contribution < 1.29 is 19.1 Å². The lowest BCUT2D eigenvalue weighted by Crippen LogP contribution is -2.54. The number of nitrogens with one attached hydrogen (secondary N) is 1. The molecule has 2 amide bonds. The van der Waals surface area contributed by atoms with Gasteiger partial charge in [0.05, 0.1) is 24.3 Å². The number of carbonyl (C=O) groups is 2. The van der Waals surface area contributed by atoms with Crippen molar-refractivity contribution in [3.63, 3.8) is 0 Å². The van der Waals surface area contributed by atoms with Crippen LogP contribution in [0.3, 0.4) is 0 Å². The van der Waals surface area contributed by atoms with E-state index in [4.69, 9.17) is 9.47 Å². The first kappa shape index (κ1) is 22.3. The third-order valence-electron chi connectivity index (χ3n) is 4.95. The number of hydrogen-bond donors (Lipinski definition) is 1. The molecule has 1 aliphatic heterocycles. The highest BCUT2D eigenvalue weighted by Crippen LogP contribution is 2.24. The molecule has 1 saturated heterocycles. The molecule has 2 aromatic heterocycles. The summed E-state index contributed by atoms with van der Waals surface area (Å²) >= 11 is 1.53. The van der Waals surface area contributed by atoms with Crippen molar-refractivity contribution in [1.29, 1.82) is 0 Å². The molecule has 8 nitrogen and oxygen atoms in total. The van der Waals surface area contributed by atoms with Crippen molar-refractivity contribution in [1.82, 2.24) is 19.8 Å². The van der Waals surface area contributed by atoms with Crippen molar-refractivity contribution in [3.05, 3.63) is 34.6 Å². The predicted octanol–water partition coefficient (Wildman–Crippen LogP) is 3.30. The van der Waals surface area contributed by atoms with Crippen molar-refractivity contribution in [2.45, 2.75) is 59.3 Å². The Morgan fingerprint density at radius 2 is 2.10 bits per heavy atom. The second-order valence-corrected chi connectivity index (χ2v) is 9.40. The minimum absolute atomic E-state index is 0.0383. The largest absolute Gasteiger partial charge is 0.444 e. The molecule has 0 unspecified atom stereocenters. The van der Waals surface area contributed by atoms with Crippen LogP contribution in [-0.4, -0.2) is 63.9 Å². The van der Waals surface area contributed by atoms with E-state index in [1.807, 2.05) is 57.6 Å². The first-order valence-corrected chi connectivity index (χ1v) is 10.9. The Hall–Kier alpha value is -2.39. The Morgan fingerprint density at radius 3 is 2.73 bits per heavy atom.